The molecule has 1 aromatic rings. The van der Waals surface area contributed by atoms with Gasteiger partial charge in [0.2, 0.25) is 0 Å². The third-order valence-electron chi connectivity index (χ3n) is 3.21. The summed E-state index contributed by atoms with van der Waals surface area (Å²) in [6.45, 7) is 0.745. The number of carbonyl (C=O) groups excluding carboxylic acids is 1. The van der Waals surface area contributed by atoms with E-state index in [2.05, 4.69) is 15.6 Å². The molecule has 7 nitrogen and oxygen atoms in total. The first kappa shape index (κ1) is 14.3. The number of carboxylic acid groups (broad SMARTS) is 1. The Balaban J connectivity index is 1.79. The molecule has 20 heavy (non-hydrogen) atoms. The highest BCUT2D eigenvalue weighted by Gasteiger charge is 2.43. The zero-order valence-electron chi connectivity index (χ0n) is 11.0. The molecular formula is C13H17N3O4. The molecule has 0 aliphatic carbocycles. The van der Waals surface area contributed by atoms with Crippen LogP contribution in [0.3, 0.4) is 0 Å². The normalized spacial score (nSPS) is 21.4. The zero-order valence-corrected chi connectivity index (χ0v) is 11.0. The third-order valence-corrected chi connectivity index (χ3v) is 3.21. The summed E-state index contributed by atoms with van der Waals surface area (Å²) < 4.78 is 5.06. The van der Waals surface area contributed by atoms with E-state index in [4.69, 9.17) is 4.74 Å². The minimum Gasteiger partial charge on any atom is -0.479 e. The van der Waals surface area contributed by atoms with Crippen molar-refractivity contribution in [2.75, 3.05) is 19.8 Å². The number of hydrogen-bond acceptors (Lipinski definition) is 4. The van der Waals surface area contributed by atoms with Crippen molar-refractivity contribution in [2.45, 2.75) is 18.4 Å². The van der Waals surface area contributed by atoms with Gasteiger partial charge in [-0.25, -0.2) is 9.59 Å². The van der Waals surface area contributed by atoms with E-state index in [-0.39, 0.29) is 13.0 Å². The fourth-order valence-electron chi connectivity index (χ4n) is 2.01. The van der Waals surface area contributed by atoms with Crippen molar-refractivity contribution >= 4 is 12.0 Å². The summed E-state index contributed by atoms with van der Waals surface area (Å²) in [6, 6.07) is 3.24. The Kier molecular flexibility index (Phi) is 4.52. The first-order valence-corrected chi connectivity index (χ1v) is 6.38. The Morgan fingerprint density at radius 1 is 1.50 bits per heavy atom. The number of pyridine rings is 1. The maximum atomic E-state index is 11.7. The first-order valence-electron chi connectivity index (χ1n) is 6.38. The maximum absolute atomic E-state index is 11.7. The van der Waals surface area contributed by atoms with Crippen molar-refractivity contribution < 1.29 is 19.4 Å². The van der Waals surface area contributed by atoms with Crippen molar-refractivity contribution in [3.8, 4) is 0 Å². The number of carboxylic acids is 1. The van der Waals surface area contributed by atoms with Gasteiger partial charge in [0.1, 0.15) is 0 Å². The number of amides is 2. The standard InChI is InChI=1S/C13H17N3O4/c17-11(18)13(4-7-20-9-13)16-12(19)15-6-3-10-2-1-5-14-8-10/h1-2,5,8H,3-4,6-7,9H2,(H,17,18)(H2,15,16,19). The second-order valence-electron chi connectivity index (χ2n) is 4.68. The van der Waals surface area contributed by atoms with E-state index in [1.165, 1.54) is 0 Å². The second-order valence-corrected chi connectivity index (χ2v) is 4.68. The smallest absolute Gasteiger partial charge is 0.332 e. The summed E-state index contributed by atoms with van der Waals surface area (Å²) in [4.78, 5) is 26.9. The van der Waals surface area contributed by atoms with Gasteiger partial charge in [-0.1, -0.05) is 6.07 Å². The van der Waals surface area contributed by atoms with E-state index in [1.54, 1.807) is 12.4 Å². The number of nitrogens with one attached hydrogen (secondary N) is 2. The van der Waals surface area contributed by atoms with Crippen molar-refractivity contribution in [3.05, 3.63) is 30.1 Å². The lowest BCUT2D eigenvalue weighted by Gasteiger charge is -2.23. The van der Waals surface area contributed by atoms with Crippen LogP contribution in [0.4, 0.5) is 4.79 Å². The van der Waals surface area contributed by atoms with Crippen molar-refractivity contribution in [1.82, 2.24) is 15.6 Å². The molecule has 2 rings (SSSR count). The van der Waals surface area contributed by atoms with Crippen LogP contribution in [0.2, 0.25) is 0 Å². The van der Waals surface area contributed by atoms with Gasteiger partial charge in [0.15, 0.2) is 5.54 Å². The molecule has 1 aromatic heterocycles. The van der Waals surface area contributed by atoms with Gasteiger partial charge in [-0.05, 0) is 18.1 Å². The van der Waals surface area contributed by atoms with Gasteiger partial charge in [0, 0.05) is 32.0 Å². The van der Waals surface area contributed by atoms with Crippen LogP contribution in [0, 0.1) is 0 Å². The van der Waals surface area contributed by atoms with Crippen LogP contribution in [0.1, 0.15) is 12.0 Å². The fourth-order valence-corrected chi connectivity index (χ4v) is 2.01. The summed E-state index contributed by atoms with van der Waals surface area (Å²) in [6.07, 6.45) is 4.32. The Hall–Kier alpha value is -2.15. The van der Waals surface area contributed by atoms with Crippen molar-refractivity contribution in [1.29, 1.82) is 0 Å². The molecule has 1 atom stereocenters. The van der Waals surface area contributed by atoms with Crippen LogP contribution in [0.15, 0.2) is 24.5 Å². The molecule has 1 aliphatic rings. The molecule has 7 heteroatoms. The van der Waals surface area contributed by atoms with Crippen LogP contribution in [0.25, 0.3) is 0 Å². The molecule has 1 unspecified atom stereocenters. The summed E-state index contributed by atoms with van der Waals surface area (Å²) in [5.41, 5.74) is -0.303. The van der Waals surface area contributed by atoms with Gasteiger partial charge in [-0.2, -0.15) is 0 Å². The van der Waals surface area contributed by atoms with E-state index >= 15 is 0 Å². The van der Waals surface area contributed by atoms with E-state index in [0.717, 1.165) is 5.56 Å². The number of ether oxygens (including phenoxy) is 1. The molecule has 0 bridgehead atoms. The summed E-state index contributed by atoms with van der Waals surface area (Å²) in [5.74, 6) is -1.07. The zero-order chi connectivity index (χ0) is 14.4. The Morgan fingerprint density at radius 2 is 2.35 bits per heavy atom. The molecule has 1 fully saturated rings. The Labute approximate surface area is 116 Å². The maximum Gasteiger partial charge on any atom is 0.332 e. The number of rotatable bonds is 5. The predicted octanol–water partition coefficient (Wildman–Crippen LogP) is 0.167. The molecule has 1 aliphatic heterocycles. The number of hydrogen-bond donors (Lipinski definition) is 3. The van der Waals surface area contributed by atoms with Crippen LogP contribution in [0.5, 0.6) is 0 Å². The molecule has 0 aromatic carbocycles. The topological polar surface area (TPSA) is 101 Å². The van der Waals surface area contributed by atoms with E-state index in [9.17, 15) is 14.7 Å². The van der Waals surface area contributed by atoms with Gasteiger partial charge in [0.25, 0.3) is 0 Å². The lowest BCUT2D eigenvalue weighted by atomic mass is 9.99. The Bertz CT molecular complexity index is 472. The first-order chi connectivity index (χ1) is 9.62. The van der Waals surface area contributed by atoms with Crippen LogP contribution in [-0.4, -0.2) is 47.4 Å². The predicted molar refractivity (Wildman–Crippen MR) is 70.3 cm³/mol. The van der Waals surface area contributed by atoms with Crippen LogP contribution in [-0.2, 0) is 16.0 Å². The van der Waals surface area contributed by atoms with Crippen LogP contribution < -0.4 is 10.6 Å². The lowest BCUT2D eigenvalue weighted by Crippen LogP contribution is -2.57. The summed E-state index contributed by atoms with van der Waals surface area (Å²) >= 11 is 0. The average molecular weight is 279 g/mol. The highest BCUT2D eigenvalue weighted by atomic mass is 16.5. The number of aliphatic carboxylic acids is 1. The third kappa shape index (κ3) is 3.45. The molecule has 108 valence electrons. The van der Waals surface area contributed by atoms with Gasteiger partial charge in [-0.3, -0.25) is 4.98 Å². The molecule has 2 amide bonds. The minimum atomic E-state index is -1.31. The molecule has 0 saturated carbocycles. The molecule has 2 heterocycles. The molecular weight excluding hydrogens is 262 g/mol. The number of urea groups is 1. The molecule has 0 spiro atoms. The fraction of sp³-hybridized carbons (Fsp3) is 0.462. The van der Waals surface area contributed by atoms with Gasteiger partial charge in [0.05, 0.1) is 6.61 Å². The molecule has 0 radical (unpaired) electrons. The summed E-state index contributed by atoms with van der Waals surface area (Å²) in [5, 5.41) is 14.3. The van der Waals surface area contributed by atoms with Gasteiger partial charge < -0.3 is 20.5 Å². The largest absolute Gasteiger partial charge is 0.479 e. The van der Waals surface area contributed by atoms with Crippen molar-refractivity contribution in [3.63, 3.8) is 0 Å². The molecule has 3 N–H and O–H groups in total. The second kappa shape index (κ2) is 6.33. The quantitative estimate of drug-likeness (QED) is 0.713. The molecule has 1 saturated heterocycles. The Morgan fingerprint density at radius 3 is 2.95 bits per heavy atom. The number of nitrogens with zero attached hydrogens (tertiary/aromatic N) is 1. The van der Waals surface area contributed by atoms with E-state index < -0.39 is 17.5 Å². The summed E-state index contributed by atoms with van der Waals surface area (Å²) in [7, 11) is 0. The highest BCUT2D eigenvalue weighted by Crippen LogP contribution is 2.18. The average Bonchev–Trinajstić information content (AvgIpc) is 2.90. The van der Waals surface area contributed by atoms with Crippen LogP contribution >= 0.6 is 0 Å². The SMILES string of the molecule is O=C(NCCc1cccnc1)NC1(C(=O)O)CCOC1. The van der Waals surface area contributed by atoms with Crippen molar-refractivity contribution in [2.24, 2.45) is 0 Å². The monoisotopic (exact) mass is 279 g/mol. The van der Waals surface area contributed by atoms with E-state index in [1.807, 2.05) is 12.1 Å². The van der Waals surface area contributed by atoms with Gasteiger partial charge in [-0.15, -0.1) is 0 Å². The van der Waals surface area contributed by atoms with Gasteiger partial charge >= 0.3 is 12.0 Å². The number of carbonyl (C=O) groups is 2. The van der Waals surface area contributed by atoms with E-state index in [0.29, 0.717) is 19.6 Å². The number of aromatic nitrogens is 1. The lowest BCUT2D eigenvalue weighted by molar-refractivity contribution is -0.144. The highest BCUT2D eigenvalue weighted by molar-refractivity contribution is 5.86. The minimum absolute atomic E-state index is 0.00163.